The molecule has 0 saturated carbocycles. The van der Waals surface area contributed by atoms with Crippen LogP contribution in [0.5, 0.6) is 0 Å². The maximum Gasteiger partial charge on any atom is 0.224 e. The van der Waals surface area contributed by atoms with Crippen LogP contribution in [0.1, 0.15) is 36.7 Å². The molecule has 134 valence electrons. The van der Waals surface area contributed by atoms with Gasteiger partial charge in [0.15, 0.2) is 5.82 Å². The molecule has 0 radical (unpaired) electrons. The third-order valence-electron chi connectivity index (χ3n) is 4.58. The summed E-state index contributed by atoms with van der Waals surface area (Å²) in [5.74, 6) is 1.94. The van der Waals surface area contributed by atoms with E-state index in [9.17, 15) is 4.79 Å². The van der Waals surface area contributed by atoms with Crippen LogP contribution in [-0.4, -0.2) is 57.1 Å². The molecule has 1 aliphatic heterocycles. The van der Waals surface area contributed by atoms with E-state index in [1.165, 1.54) is 0 Å². The average molecular weight is 343 g/mol. The normalized spacial score (nSPS) is 17.7. The van der Waals surface area contributed by atoms with Crippen LogP contribution in [-0.2, 0) is 16.6 Å². The SMILES string of the molecule is COCCC(=O)N1CCC[C@H](c2nc(C)cc(-c3nccn3C)n2)C1. The Morgan fingerprint density at radius 1 is 1.40 bits per heavy atom. The number of aromatic nitrogens is 4. The van der Waals surface area contributed by atoms with Crippen LogP contribution in [0.2, 0.25) is 0 Å². The molecule has 1 amide bonds. The first-order chi connectivity index (χ1) is 12.1. The summed E-state index contributed by atoms with van der Waals surface area (Å²) in [5, 5.41) is 0. The maximum atomic E-state index is 12.3. The zero-order chi connectivity index (χ0) is 17.8. The number of methoxy groups -OCH3 is 1. The number of hydrogen-bond acceptors (Lipinski definition) is 5. The van der Waals surface area contributed by atoms with Gasteiger partial charge in [-0.1, -0.05) is 0 Å². The Morgan fingerprint density at radius 2 is 2.24 bits per heavy atom. The third kappa shape index (κ3) is 4.04. The number of imidazole rings is 1. The van der Waals surface area contributed by atoms with Gasteiger partial charge in [-0.3, -0.25) is 4.79 Å². The van der Waals surface area contributed by atoms with E-state index in [0.717, 1.165) is 42.4 Å². The smallest absolute Gasteiger partial charge is 0.224 e. The minimum absolute atomic E-state index is 0.142. The lowest BCUT2D eigenvalue weighted by atomic mass is 9.96. The molecule has 1 atom stereocenters. The molecule has 2 aromatic rings. The largest absolute Gasteiger partial charge is 0.384 e. The Bertz CT molecular complexity index is 743. The minimum atomic E-state index is 0.142. The fraction of sp³-hybridized carbons (Fsp3) is 0.556. The second-order valence-corrected chi connectivity index (χ2v) is 6.54. The van der Waals surface area contributed by atoms with Crippen molar-refractivity contribution in [3.63, 3.8) is 0 Å². The summed E-state index contributed by atoms with van der Waals surface area (Å²) in [6.07, 6.45) is 6.07. The van der Waals surface area contributed by atoms with Gasteiger partial charge in [-0.05, 0) is 25.8 Å². The summed E-state index contributed by atoms with van der Waals surface area (Å²) in [6, 6.07) is 1.95. The topological polar surface area (TPSA) is 73.1 Å². The number of hydrogen-bond donors (Lipinski definition) is 0. The summed E-state index contributed by atoms with van der Waals surface area (Å²) < 4.78 is 6.97. The molecule has 0 aliphatic carbocycles. The van der Waals surface area contributed by atoms with E-state index in [0.29, 0.717) is 19.6 Å². The number of likely N-dealkylation sites (tertiary alicyclic amines) is 1. The molecule has 3 heterocycles. The molecule has 2 aromatic heterocycles. The first-order valence-corrected chi connectivity index (χ1v) is 8.68. The Labute approximate surface area is 148 Å². The Hall–Kier alpha value is -2.28. The summed E-state index contributed by atoms with van der Waals surface area (Å²) in [4.78, 5) is 28.0. The van der Waals surface area contributed by atoms with Crippen LogP contribution in [0.3, 0.4) is 0 Å². The highest BCUT2D eigenvalue weighted by molar-refractivity contribution is 5.76. The number of carbonyl (C=O) groups excluding carboxylic acids is 1. The van der Waals surface area contributed by atoms with E-state index in [-0.39, 0.29) is 11.8 Å². The number of carbonyl (C=O) groups is 1. The van der Waals surface area contributed by atoms with E-state index >= 15 is 0 Å². The van der Waals surface area contributed by atoms with Crippen LogP contribution in [0.15, 0.2) is 18.5 Å². The zero-order valence-corrected chi connectivity index (χ0v) is 15.1. The maximum absolute atomic E-state index is 12.3. The van der Waals surface area contributed by atoms with Crippen LogP contribution in [0, 0.1) is 6.92 Å². The van der Waals surface area contributed by atoms with Gasteiger partial charge < -0.3 is 14.2 Å². The molecule has 25 heavy (non-hydrogen) atoms. The summed E-state index contributed by atoms with van der Waals surface area (Å²) in [5.41, 5.74) is 1.75. The van der Waals surface area contributed by atoms with Gasteiger partial charge in [-0.15, -0.1) is 0 Å². The Kier molecular flexibility index (Phi) is 5.43. The van der Waals surface area contributed by atoms with Crippen molar-refractivity contribution >= 4 is 5.91 Å². The van der Waals surface area contributed by atoms with Crippen molar-refractivity contribution in [3.05, 3.63) is 30.0 Å². The van der Waals surface area contributed by atoms with Crippen molar-refractivity contribution in [1.29, 1.82) is 0 Å². The van der Waals surface area contributed by atoms with Crippen LogP contribution in [0.4, 0.5) is 0 Å². The van der Waals surface area contributed by atoms with Gasteiger partial charge in [0, 0.05) is 51.3 Å². The van der Waals surface area contributed by atoms with Gasteiger partial charge >= 0.3 is 0 Å². The second kappa shape index (κ2) is 7.74. The molecule has 1 saturated heterocycles. The number of aryl methyl sites for hydroxylation is 2. The first kappa shape index (κ1) is 17.5. The number of nitrogens with zero attached hydrogens (tertiary/aromatic N) is 5. The lowest BCUT2D eigenvalue weighted by molar-refractivity contribution is -0.133. The van der Waals surface area contributed by atoms with Gasteiger partial charge in [-0.2, -0.15) is 0 Å². The lowest BCUT2D eigenvalue weighted by Crippen LogP contribution is -2.40. The summed E-state index contributed by atoms with van der Waals surface area (Å²) in [6.45, 7) is 3.91. The molecular weight excluding hydrogens is 318 g/mol. The number of rotatable bonds is 5. The van der Waals surface area contributed by atoms with Gasteiger partial charge in [0.25, 0.3) is 0 Å². The molecule has 1 aliphatic rings. The highest BCUT2D eigenvalue weighted by Crippen LogP contribution is 2.27. The average Bonchev–Trinajstić information content (AvgIpc) is 3.05. The van der Waals surface area contributed by atoms with Gasteiger partial charge in [-0.25, -0.2) is 15.0 Å². The van der Waals surface area contributed by atoms with E-state index in [4.69, 9.17) is 9.72 Å². The van der Waals surface area contributed by atoms with Crippen LogP contribution in [0.25, 0.3) is 11.5 Å². The molecule has 0 aromatic carbocycles. The third-order valence-corrected chi connectivity index (χ3v) is 4.58. The fourth-order valence-electron chi connectivity index (χ4n) is 3.26. The summed E-state index contributed by atoms with van der Waals surface area (Å²) >= 11 is 0. The lowest BCUT2D eigenvalue weighted by Gasteiger charge is -2.32. The molecule has 7 heteroatoms. The van der Waals surface area contributed by atoms with Crippen molar-refractivity contribution in [2.75, 3.05) is 26.8 Å². The van der Waals surface area contributed by atoms with E-state index in [1.54, 1.807) is 13.3 Å². The number of piperidine rings is 1. The van der Waals surface area contributed by atoms with Crippen LogP contribution < -0.4 is 0 Å². The highest BCUT2D eigenvalue weighted by Gasteiger charge is 2.27. The summed E-state index contributed by atoms with van der Waals surface area (Å²) in [7, 11) is 3.57. The van der Waals surface area contributed by atoms with E-state index in [1.807, 2.05) is 35.7 Å². The predicted molar refractivity (Wildman–Crippen MR) is 94.0 cm³/mol. The van der Waals surface area contributed by atoms with Gasteiger partial charge in [0.2, 0.25) is 5.91 Å². The molecule has 3 rings (SSSR count). The van der Waals surface area contributed by atoms with Crippen molar-refractivity contribution in [2.24, 2.45) is 7.05 Å². The molecule has 0 spiro atoms. The molecular formula is C18H25N5O2. The first-order valence-electron chi connectivity index (χ1n) is 8.68. The van der Waals surface area contributed by atoms with Gasteiger partial charge in [0.05, 0.1) is 13.0 Å². The van der Waals surface area contributed by atoms with Gasteiger partial charge in [0.1, 0.15) is 11.5 Å². The van der Waals surface area contributed by atoms with E-state index in [2.05, 4.69) is 9.97 Å². The van der Waals surface area contributed by atoms with Crippen LogP contribution >= 0.6 is 0 Å². The molecule has 7 nitrogen and oxygen atoms in total. The van der Waals surface area contributed by atoms with Crippen molar-refractivity contribution < 1.29 is 9.53 Å². The molecule has 0 unspecified atom stereocenters. The molecule has 1 fully saturated rings. The highest BCUT2D eigenvalue weighted by atomic mass is 16.5. The van der Waals surface area contributed by atoms with Crippen molar-refractivity contribution in [2.45, 2.75) is 32.1 Å². The standard InChI is InChI=1S/C18H25N5O2/c1-13-11-15(18-19-7-9-22(18)2)21-17(20-13)14-5-4-8-23(12-14)16(24)6-10-25-3/h7,9,11,14H,4-6,8,10,12H2,1-3H3/t14-/m0/s1. The second-order valence-electron chi connectivity index (χ2n) is 6.54. The monoisotopic (exact) mass is 343 g/mol. The van der Waals surface area contributed by atoms with Crippen molar-refractivity contribution in [1.82, 2.24) is 24.4 Å². The zero-order valence-electron chi connectivity index (χ0n) is 15.1. The predicted octanol–water partition coefficient (Wildman–Crippen LogP) is 1.93. The Balaban J connectivity index is 1.80. The number of amides is 1. The Morgan fingerprint density at radius 3 is 2.96 bits per heavy atom. The fourth-order valence-corrected chi connectivity index (χ4v) is 3.26. The van der Waals surface area contributed by atoms with Crippen molar-refractivity contribution in [3.8, 4) is 11.5 Å². The molecule has 0 N–H and O–H groups in total. The number of ether oxygens (including phenoxy) is 1. The van der Waals surface area contributed by atoms with E-state index < -0.39 is 0 Å². The minimum Gasteiger partial charge on any atom is -0.384 e. The quantitative estimate of drug-likeness (QED) is 0.829. The molecule has 0 bridgehead atoms.